The topological polar surface area (TPSA) is 98.2 Å². The molecule has 2 heterocycles. The summed E-state index contributed by atoms with van der Waals surface area (Å²) in [7, 11) is 1.39. The predicted octanol–water partition coefficient (Wildman–Crippen LogP) is 0.501. The van der Waals surface area contributed by atoms with E-state index in [0.29, 0.717) is 30.3 Å². The summed E-state index contributed by atoms with van der Waals surface area (Å²) in [6.45, 7) is 2.50. The van der Waals surface area contributed by atoms with Crippen LogP contribution in [0, 0.1) is 17.2 Å². The van der Waals surface area contributed by atoms with E-state index >= 15 is 0 Å². The SMILES string of the molecule is COC(=O)CN1CCCC(CNC(=O)c2c[nH]c(C#N)c2)C1. The Bertz CT molecular complexity index is 576. The molecule has 0 saturated carbocycles. The Labute approximate surface area is 129 Å². The van der Waals surface area contributed by atoms with Gasteiger partial charge in [-0.1, -0.05) is 0 Å². The average Bonchev–Trinajstić information content (AvgIpc) is 3.02. The Morgan fingerprint density at radius 2 is 2.41 bits per heavy atom. The number of ether oxygens (including phenoxy) is 1. The number of nitrogens with one attached hydrogen (secondary N) is 2. The van der Waals surface area contributed by atoms with Crippen LogP contribution < -0.4 is 5.32 Å². The summed E-state index contributed by atoms with van der Waals surface area (Å²) in [5.41, 5.74) is 0.825. The molecule has 2 rings (SSSR count). The van der Waals surface area contributed by atoms with Crippen LogP contribution in [0.3, 0.4) is 0 Å². The summed E-state index contributed by atoms with van der Waals surface area (Å²) in [4.78, 5) is 28.1. The highest BCUT2D eigenvalue weighted by atomic mass is 16.5. The maximum absolute atomic E-state index is 12.0. The van der Waals surface area contributed by atoms with Crippen LogP contribution in [-0.4, -0.2) is 55.0 Å². The zero-order valence-electron chi connectivity index (χ0n) is 12.6. The largest absolute Gasteiger partial charge is 0.468 e. The molecule has 7 heteroatoms. The third kappa shape index (κ3) is 4.33. The maximum Gasteiger partial charge on any atom is 0.319 e. The molecule has 22 heavy (non-hydrogen) atoms. The summed E-state index contributed by atoms with van der Waals surface area (Å²) >= 11 is 0. The van der Waals surface area contributed by atoms with Crippen molar-refractivity contribution in [3.63, 3.8) is 0 Å². The number of nitriles is 1. The van der Waals surface area contributed by atoms with E-state index in [9.17, 15) is 9.59 Å². The summed E-state index contributed by atoms with van der Waals surface area (Å²) in [6, 6.07) is 3.48. The number of aromatic nitrogens is 1. The molecule has 0 bridgehead atoms. The molecule has 1 aliphatic rings. The van der Waals surface area contributed by atoms with E-state index in [4.69, 9.17) is 5.26 Å². The molecule has 7 nitrogen and oxygen atoms in total. The Morgan fingerprint density at radius 3 is 3.09 bits per heavy atom. The van der Waals surface area contributed by atoms with Gasteiger partial charge in [-0.05, 0) is 31.4 Å². The number of hydrogen-bond acceptors (Lipinski definition) is 5. The van der Waals surface area contributed by atoms with Gasteiger partial charge in [0.15, 0.2) is 0 Å². The molecule has 118 valence electrons. The van der Waals surface area contributed by atoms with Crippen molar-refractivity contribution >= 4 is 11.9 Å². The van der Waals surface area contributed by atoms with Crippen LogP contribution in [0.15, 0.2) is 12.3 Å². The van der Waals surface area contributed by atoms with Crippen molar-refractivity contribution in [2.75, 3.05) is 33.3 Å². The van der Waals surface area contributed by atoms with Crippen molar-refractivity contribution in [2.45, 2.75) is 12.8 Å². The number of nitrogens with zero attached hydrogens (tertiary/aromatic N) is 2. The standard InChI is InChI=1S/C15H20N4O3/c1-22-14(20)10-19-4-2-3-11(9-19)7-18-15(21)12-5-13(6-16)17-8-12/h5,8,11,17H,2-4,7,9-10H2,1H3,(H,18,21). The second-order valence-corrected chi connectivity index (χ2v) is 5.44. The minimum absolute atomic E-state index is 0.192. The van der Waals surface area contributed by atoms with Crippen molar-refractivity contribution in [1.82, 2.24) is 15.2 Å². The number of likely N-dealkylation sites (tertiary alicyclic amines) is 1. The number of H-pyrrole nitrogens is 1. The van der Waals surface area contributed by atoms with Crippen LogP contribution in [-0.2, 0) is 9.53 Å². The maximum atomic E-state index is 12.0. The monoisotopic (exact) mass is 304 g/mol. The molecule has 2 N–H and O–H groups in total. The molecular weight excluding hydrogens is 284 g/mol. The average molecular weight is 304 g/mol. The molecule has 0 radical (unpaired) electrons. The number of carbonyl (C=O) groups is 2. The fourth-order valence-corrected chi connectivity index (χ4v) is 2.64. The van der Waals surface area contributed by atoms with Crippen molar-refractivity contribution in [2.24, 2.45) is 5.92 Å². The van der Waals surface area contributed by atoms with Crippen LogP contribution in [0.25, 0.3) is 0 Å². The van der Waals surface area contributed by atoms with Gasteiger partial charge in [0.2, 0.25) is 0 Å². The van der Waals surface area contributed by atoms with Crippen molar-refractivity contribution in [1.29, 1.82) is 5.26 Å². The molecule has 0 spiro atoms. The fourth-order valence-electron chi connectivity index (χ4n) is 2.64. The molecule has 1 unspecified atom stereocenters. The lowest BCUT2D eigenvalue weighted by molar-refractivity contribution is -0.142. The van der Waals surface area contributed by atoms with E-state index in [1.165, 1.54) is 19.4 Å². The van der Waals surface area contributed by atoms with E-state index in [1.807, 2.05) is 6.07 Å². The first-order chi connectivity index (χ1) is 10.6. The van der Waals surface area contributed by atoms with E-state index in [-0.39, 0.29) is 11.9 Å². The highest BCUT2D eigenvalue weighted by Crippen LogP contribution is 2.15. The van der Waals surface area contributed by atoms with Crippen LogP contribution in [0.4, 0.5) is 0 Å². The van der Waals surface area contributed by atoms with Crippen molar-refractivity contribution < 1.29 is 14.3 Å². The van der Waals surface area contributed by atoms with Gasteiger partial charge in [0, 0.05) is 19.3 Å². The minimum atomic E-state index is -0.235. The van der Waals surface area contributed by atoms with Gasteiger partial charge < -0.3 is 15.0 Å². The Balaban J connectivity index is 1.79. The molecular formula is C15H20N4O3. The fraction of sp³-hybridized carbons (Fsp3) is 0.533. The Kier molecular flexibility index (Phi) is 5.55. The highest BCUT2D eigenvalue weighted by Gasteiger charge is 2.22. The van der Waals surface area contributed by atoms with Crippen molar-refractivity contribution in [3.05, 3.63) is 23.5 Å². The first kappa shape index (κ1) is 16.0. The van der Waals surface area contributed by atoms with Gasteiger partial charge >= 0.3 is 5.97 Å². The smallest absolute Gasteiger partial charge is 0.319 e. The molecule has 1 aromatic rings. The second kappa shape index (κ2) is 7.61. The summed E-state index contributed by atoms with van der Waals surface area (Å²) < 4.78 is 4.68. The number of aromatic amines is 1. The summed E-state index contributed by atoms with van der Waals surface area (Å²) in [5.74, 6) is -0.111. The van der Waals surface area contributed by atoms with E-state index in [1.54, 1.807) is 0 Å². The van der Waals surface area contributed by atoms with E-state index in [0.717, 1.165) is 25.9 Å². The third-order valence-corrected chi connectivity index (χ3v) is 3.80. The van der Waals surface area contributed by atoms with Gasteiger partial charge in [-0.2, -0.15) is 5.26 Å². The van der Waals surface area contributed by atoms with Crippen LogP contribution >= 0.6 is 0 Å². The van der Waals surface area contributed by atoms with Crippen LogP contribution in [0.2, 0.25) is 0 Å². The molecule has 1 aliphatic heterocycles. The third-order valence-electron chi connectivity index (χ3n) is 3.80. The first-order valence-electron chi connectivity index (χ1n) is 7.28. The lowest BCUT2D eigenvalue weighted by atomic mass is 9.98. The van der Waals surface area contributed by atoms with Gasteiger partial charge in [0.05, 0.1) is 19.2 Å². The number of rotatable bonds is 5. The number of carbonyl (C=O) groups excluding carboxylic acids is 2. The van der Waals surface area contributed by atoms with E-state index in [2.05, 4.69) is 19.9 Å². The van der Waals surface area contributed by atoms with Crippen molar-refractivity contribution in [3.8, 4) is 6.07 Å². The van der Waals surface area contributed by atoms with Gasteiger partial charge in [-0.15, -0.1) is 0 Å². The van der Waals surface area contributed by atoms with Gasteiger partial charge in [0.25, 0.3) is 5.91 Å². The number of esters is 1. The molecule has 1 amide bonds. The quantitative estimate of drug-likeness (QED) is 0.772. The predicted molar refractivity (Wildman–Crippen MR) is 79.0 cm³/mol. The molecule has 0 aliphatic carbocycles. The molecule has 1 saturated heterocycles. The second-order valence-electron chi connectivity index (χ2n) is 5.44. The summed E-state index contributed by atoms with van der Waals surface area (Å²) in [6.07, 6.45) is 3.55. The van der Waals surface area contributed by atoms with Gasteiger partial charge in [-0.3, -0.25) is 14.5 Å². The van der Waals surface area contributed by atoms with Gasteiger partial charge in [-0.25, -0.2) is 0 Å². The Hall–Kier alpha value is -2.33. The van der Waals surface area contributed by atoms with E-state index < -0.39 is 0 Å². The lowest BCUT2D eigenvalue weighted by Crippen LogP contribution is -2.43. The molecule has 1 atom stereocenters. The number of amides is 1. The Morgan fingerprint density at radius 1 is 1.59 bits per heavy atom. The van der Waals surface area contributed by atoms with Crippen LogP contribution in [0.5, 0.6) is 0 Å². The zero-order chi connectivity index (χ0) is 15.9. The molecule has 1 fully saturated rings. The molecule has 1 aromatic heterocycles. The minimum Gasteiger partial charge on any atom is -0.468 e. The number of methoxy groups -OCH3 is 1. The van der Waals surface area contributed by atoms with Gasteiger partial charge in [0.1, 0.15) is 11.8 Å². The number of piperidine rings is 1. The van der Waals surface area contributed by atoms with Crippen LogP contribution in [0.1, 0.15) is 28.9 Å². The lowest BCUT2D eigenvalue weighted by Gasteiger charge is -2.31. The first-order valence-corrected chi connectivity index (χ1v) is 7.28. The molecule has 0 aromatic carbocycles. The highest BCUT2D eigenvalue weighted by molar-refractivity contribution is 5.94. The summed E-state index contributed by atoms with van der Waals surface area (Å²) in [5, 5.41) is 11.6. The normalized spacial score (nSPS) is 18.5. The number of hydrogen-bond donors (Lipinski definition) is 2. The zero-order valence-corrected chi connectivity index (χ0v) is 12.6.